The summed E-state index contributed by atoms with van der Waals surface area (Å²) < 4.78 is 5.18. The van der Waals surface area contributed by atoms with Crippen molar-refractivity contribution in [3.8, 4) is 5.75 Å². The number of rotatable bonds is 4. The first-order valence-electron chi connectivity index (χ1n) is 6.94. The Balaban J connectivity index is 1.54. The van der Waals surface area contributed by atoms with Crippen LogP contribution in [0.25, 0.3) is 0 Å². The van der Waals surface area contributed by atoms with E-state index in [1.807, 2.05) is 12.1 Å². The van der Waals surface area contributed by atoms with Crippen LogP contribution in [0.4, 0.5) is 0 Å². The Labute approximate surface area is 109 Å². The second-order valence-corrected chi connectivity index (χ2v) is 5.47. The van der Waals surface area contributed by atoms with Crippen molar-refractivity contribution >= 4 is 0 Å². The summed E-state index contributed by atoms with van der Waals surface area (Å²) in [4.78, 5) is 2.59. The maximum Gasteiger partial charge on any atom is 0.118 e. The summed E-state index contributed by atoms with van der Waals surface area (Å²) in [6, 6.07) is 9.05. The van der Waals surface area contributed by atoms with Gasteiger partial charge < -0.3 is 15.0 Å². The topological polar surface area (TPSA) is 24.5 Å². The molecular weight excluding hydrogens is 224 g/mol. The minimum Gasteiger partial charge on any atom is -0.497 e. The van der Waals surface area contributed by atoms with Crippen molar-refractivity contribution in [1.82, 2.24) is 10.2 Å². The fourth-order valence-corrected chi connectivity index (χ4v) is 3.19. The van der Waals surface area contributed by atoms with Gasteiger partial charge in [0.2, 0.25) is 0 Å². The van der Waals surface area contributed by atoms with Crippen molar-refractivity contribution in [3.63, 3.8) is 0 Å². The lowest BCUT2D eigenvalue weighted by molar-refractivity contribution is 0.0720. The first-order valence-corrected chi connectivity index (χ1v) is 6.94. The SMILES string of the molecule is COc1ccc(CN[C@H]2CN3CCC2CC3)cc1. The lowest BCUT2D eigenvalue weighted by Crippen LogP contribution is -2.55. The van der Waals surface area contributed by atoms with Crippen LogP contribution in [-0.2, 0) is 6.54 Å². The number of ether oxygens (including phenoxy) is 1. The summed E-state index contributed by atoms with van der Waals surface area (Å²) in [5.74, 6) is 1.83. The van der Waals surface area contributed by atoms with Crippen molar-refractivity contribution in [2.75, 3.05) is 26.7 Å². The van der Waals surface area contributed by atoms with Gasteiger partial charge in [-0.2, -0.15) is 0 Å². The van der Waals surface area contributed by atoms with Crippen LogP contribution in [0, 0.1) is 5.92 Å². The van der Waals surface area contributed by atoms with Crippen LogP contribution in [0.3, 0.4) is 0 Å². The summed E-state index contributed by atoms with van der Waals surface area (Å²) in [7, 11) is 1.71. The molecule has 0 amide bonds. The van der Waals surface area contributed by atoms with Crippen LogP contribution in [0.15, 0.2) is 24.3 Å². The van der Waals surface area contributed by atoms with Gasteiger partial charge >= 0.3 is 0 Å². The van der Waals surface area contributed by atoms with E-state index >= 15 is 0 Å². The standard InChI is InChI=1S/C15H22N2O/c1-18-14-4-2-12(3-5-14)10-16-15-11-17-8-6-13(15)7-9-17/h2-5,13,15-16H,6-11H2,1H3/t15-/m0/s1. The van der Waals surface area contributed by atoms with Crippen molar-refractivity contribution in [1.29, 1.82) is 0 Å². The Morgan fingerprint density at radius 2 is 1.94 bits per heavy atom. The zero-order chi connectivity index (χ0) is 12.4. The maximum absolute atomic E-state index is 5.18. The third kappa shape index (κ3) is 2.52. The predicted molar refractivity (Wildman–Crippen MR) is 72.8 cm³/mol. The highest BCUT2D eigenvalue weighted by Gasteiger charge is 2.33. The van der Waals surface area contributed by atoms with Crippen LogP contribution in [0.2, 0.25) is 0 Å². The highest BCUT2D eigenvalue weighted by Crippen LogP contribution is 2.27. The summed E-state index contributed by atoms with van der Waals surface area (Å²) in [6.07, 6.45) is 2.75. The average Bonchev–Trinajstić information content (AvgIpc) is 2.47. The Morgan fingerprint density at radius 3 is 2.50 bits per heavy atom. The number of piperidine rings is 3. The van der Waals surface area contributed by atoms with Gasteiger partial charge in [0.15, 0.2) is 0 Å². The van der Waals surface area contributed by atoms with Crippen LogP contribution < -0.4 is 10.1 Å². The minimum atomic E-state index is 0.689. The van der Waals surface area contributed by atoms with E-state index in [1.165, 1.54) is 38.0 Å². The molecule has 0 spiro atoms. The Bertz CT molecular complexity index is 382. The quantitative estimate of drug-likeness (QED) is 0.878. The molecule has 3 heterocycles. The van der Waals surface area contributed by atoms with Crippen molar-refractivity contribution < 1.29 is 4.74 Å². The first-order chi connectivity index (χ1) is 8.85. The molecule has 2 bridgehead atoms. The molecule has 1 N–H and O–H groups in total. The number of fused-ring (bicyclic) bond motifs is 3. The van der Waals surface area contributed by atoms with Crippen molar-refractivity contribution in [2.45, 2.75) is 25.4 Å². The normalized spacial score (nSPS) is 30.4. The molecule has 1 aromatic carbocycles. The Hall–Kier alpha value is -1.06. The zero-order valence-electron chi connectivity index (χ0n) is 11.1. The van der Waals surface area contributed by atoms with Crippen molar-refractivity contribution in [3.05, 3.63) is 29.8 Å². The second-order valence-electron chi connectivity index (χ2n) is 5.47. The fourth-order valence-electron chi connectivity index (χ4n) is 3.19. The van der Waals surface area contributed by atoms with Crippen molar-refractivity contribution in [2.24, 2.45) is 5.92 Å². The van der Waals surface area contributed by atoms with Gasteiger partial charge in [-0.15, -0.1) is 0 Å². The molecule has 3 fully saturated rings. The number of nitrogens with zero attached hydrogens (tertiary/aromatic N) is 1. The molecule has 0 saturated carbocycles. The molecule has 0 unspecified atom stereocenters. The lowest BCUT2D eigenvalue weighted by Gasteiger charge is -2.45. The monoisotopic (exact) mass is 246 g/mol. The third-order valence-corrected chi connectivity index (χ3v) is 4.38. The Kier molecular flexibility index (Phi) is 3.52. The summed E-state index contributed by atoms with van der Waals surface area (Å²) in [5.41, 5.74) is 1.34. The predicted octanol–water partition coefficient (Wildman–Crippen LogP) is 1.88. The molecular formula is C15H22N2O. The molecule has 0 radical (unpaired) electrons. The molecule has 3 aliphatic rings. The Morgan fingerprint density at radius 1 is 1.22 bits per heavy atom. The van der Waals surface area contributed by atoms with Gasteiger partial charge in [0.25, 0.3) is 0 Å². The van der Waals surface area contributed by atoms with E-state index < -0.39 is 0 Å². The van der Waals surface area contributed by atoms with E-state index in [2.05, 4.69) is 22.3 Å². The van der Waals surface area contributed by atoms with Crippen LogP contribution >= 0.6 is 0 Å². The van der Waals surface area contributed by atoms with Gasteiger partial charge in [0, 0.05) is 19.1 Å². The first kappa shape index (κ1) is 12.0. The minimum absolute atomic E-state index is 0.689. The lowest BCUT2D eigenvalue weighted by atomic mass is 9.84. The van der Waals surface area contributed by atoms with Gasteiger partial charge in [-0.1, -0.05) is 12.1 Å². The number of methoxy groups -OCH3 is 1. The van der Waals surface area contributed by atoms with Crippen LogP contribution in [0.1, 0.15) is 18.4 Å². The van der Waals surface area contributed by atoms with Gasteiger partial charge in [-0.3, -0.25) is 0 Å². The van der Waals surface area contributed by atoms with Crippen LogP contribution in [0.5, 0.6) is 5.75 Å². The molecule has 3 nitrogen and oxygen atoms in total. The highest BCUT2D eigenvalue weighted by molar-refractivity contribution is 5.27. The molecule has 3 aliphatic heterocycles. The molecule has 0 aliphatic carbocycles. The maximum atomic E-state index is 5.18. The van der Waals surface area contributed by atoms with E-state index in [9.17, 15) is 0 Å². The molecule has 3 heteroatoms. The molecule has 98 valence electrons. The summed E-state index contributed by atoms with van der Waals surface area (Å²) >= 11 is 0. The van der Waals surface area contributed by atoms with Crippen LogP contribution in [-0.4, -0.2) is 37.7 Å². The number of benzene rings is 1. The molecule has 3 saturated heterocycles. The number of hydrogen-bond acceptors (Lipinski definition) is 3. The summed E-state index contributed by atoms with van der Waals surface area (Å²) in [5, 5.41) is 3.72. The zero-order valence-corrected chi connectivity index (χ0v) is 11.1. The van der Waals surface area contributed by atoms with Gasteiger partial charge in [-0.05, 0) is 49.5 Å². The second kappa shape index (κ2) is 5.29. The number of hydrogen-bond donors (Lipinski definition) is 1. The molecule has 18 heavy (non-hydrogen) atoms. The third-order valence-electron chi connectivity index (χ3n) is 4.38. The van der Waals surface area contributed by atoms with Gasteiger partial charge in [0.05, 0.1) is 7.11 Å². The van der Waals surface area contributed by atoms with Gasteiger partial charge in [-0.25, -0.2) is 0 Å². The van der Waals surface area contributed by atoms with Gasteiger partial charge in [0.1, 0.15) is 5.75 Å². The van der Waals surface area contributed by atoms with E-state index in [0.29, 0.717) is 6.04 Å². The molecule has 0 aromatic heterocycles. The number of nitrogens with one attached hydrogen (secondary N) is 1. The fraction of sp³-hybridized carbons (Fsp3) is 0.600. The van der Waals surface area contributed by atoms with E-state index in [1.54, 1.807) is 7.11 Å². The molecule has 4 rings (SSSR count). The highest BCUT2D eigenvalue weighted by atomic mass is 16.5. The van der Waals surface area contributed by atoms with E-state index in [-0.39, 0.29) is 0 Å². The van der Waals surface area contributed by atoms with E-state index in [0.717, 1.165) is 18.2 Å². The summed E-state index contributed by atoms with van der Waals surface area (Å²) in [6.45, 7) is 4.83. The molecule has 1 aromatic rings. The molecule has 1 atom stereocenters. The van der Waals surface area contributed by atoms with E-state index in [4.69, 9.17) is 4.74 Å². The largest absolute Gasteiger partial charge is 0.497 e. The smallest absolute Gasteiger partial charge is 0.118 e. The average molecular weight is 246 g/mol.